The molecule has 0 atom stereocenters. The van der Waals surface area contributed by atoms with Crippen LogP contribution in [0.15, 0.2) is 225 Å². The van der Waals surface area contributed by atoms with Gasteiger partial charge in [0, 0.05) is 37.4 Å². The molecule has 0 aliphatic rings. The standard InChI is InChI=1S/C76H61N5O.Pt/c1-47-33-34-54(78-46-79(67-32-18-17-31-66(67)78)73-56(49-21-11-9-12-22-49)26-19-27-57(73)51-38-52(75(3,4)5)40-53(39-51)76(6,7)8)41-71(47)82-55-35-36-59-62-43-63-61-29-20-28-60-58-25-15-16-30-65(58)81(74(60)61)70(63)44-69(62)80(68(59)42-55)72-37-48(2)64(45-77-72)50-23-13-10-14-24-50;/h9-45H,1-8H3;/i1D3,2D3;. The van der Waals surface area contributed by atoms with Gasteiger partial charge in [-0.3, -0.25) is 0 Å². The van der Waals surface area contributed by atoms with Gasteiger partial charge in [0.15, 0.2) is 0 Å². The summed E-state index contributed by atoms with van der Waals surface area (Å²) in [6.07, 6.45) is 1.66. The maximum atomic E-state index is 8.94. The summed E-state index contributed by atoms with van der Waals surface area (Å²) in [6, 6.07) is 74.2. The zero-order chi connectivity index (χ0) is 61.6. The molecular formula is C76H61N5OPt. The van der Waals surface area contributed by atoms with Crippen LogP contribution in [-0.2, 0) is 30.2 Å². The summed E-state index contributed by atoms with van der Waals surface area (Å²) in [5.41, 5.74) is 16.4. The van der Waals surface area contributed by atoms with E-state index in [2.05, 4.69) is 208 Å². The number of para-hydroxylation sites is 5. The second-order valence-corrected chi connectivity index (χ2v) is 25.0. The van der Waals surface area contributed by atoms with E-state index in [0.717, 1.165) is 97.3 Å². The Balaban J connectivity index is 0.938. The molecule has 0 amide bonds. The Morgan fingerprint density at radius 3 is 1.70 bits per heavy atom. The van der Waals surface area contributed by atoms with Crippen molar-refractivity contribution in [1.82, 2.24) is 23.1 Å². The number of benzene rings is 10. The van der Waals surface area contributed by atoms with Crippen LogP contribution in [0.2, 0.25) is 0 Å². The first-order valence-electron chi connectivity index (χ1n) is 31.2. The van der Waals surface area contributed by atoms with Crippen LogP contribution in [-0.4, -0.2) is 23.1 Å². The predicted octanol–water partition coefficient (Wildman–Crippen LogP) is 20.1. The monoisotopic (exact) mass is 1260 g/mol. The van der Waals surface area contributed by atoms with Crippen molar-refractivity contribution in [2.24, 2.45) is 0 Å². The molecule has 5 aromatic heterocycles. The van der Waals surface area contributed by atoms with Crippen LogP contribution in [0.1, 0.15) is 72.0 Å². The summed E-state index contributed by atoms with van der Waals surface area (Å²) in [6.45, 7) is 8.57. The van der Waals surface area contributed by atoms with Crippen molar-refractivity contribution in [3.05, 3.63) is 251 Å². The zero-order valence-corrected chi connectivity index (χ0v) is 49.1. The molecule has 6 nitrogen and oxygen atoms in total. The third-order valence-corrected chi connectivity index (χ3v) is 17.8. The Labute approximate surface area is 502 Å². The molecule has 0 fully saturated rings. The molecule has 0 aliphatic heterocycles. The summed E-state index contributed by atoms with van der Waals surface area (Å²) < 4.78 is 70.2. The summed E-state index contributed by atoms with van der Waals surface area (Å²) in [5, 5.41) is 6.35. The minimum atomic E-state index is -2.56. The molecular weight excluding hydrogens is 1190 g/mol. The average Bonchev–Trinajstić information content (AvgIpc) is 1.56. The van der Waals surface area contributed by atoms with Crippen molar-refractivity contribution < 1.29 is 32.3 Å². The number of aryl methyl sites for hydroxylation is 2. The van der Waals surface area contributed by atoms with E-state index in [-0.39, 0.29) is 27.7 Å². The Hall–Kier alpha value is -9.09. The van der Waals surface area contributed by atoms with Gasteiger partial charge in [-0.05, 0) is 24.0 Å². The quantitative estimate of drug-likeness (QED) is 0.152. The number of rotatable bonds is 8. The van der Waals surface area contributed by atoms with Gasteiger partial charge in [-0.25, -0.2) is 0 Å². The fraction of sp³-hybridized carbons (Fsp3) is 0.132. The maximum absolute atomic E-state index is 8.94. The minimum absolute atomic E-state index is 0.0485. The van der Waals surface area contributed by atoms with Crippen LogP contribution >= 0.6 is 0 Å². The first kappa shape index (κ1) is 44.5. The maximum Gasteiger partial charge on any atom is 0.0620 e. The van der Waals surface area contributed by atoms with Crippen molar-refractivity contribution in [3.63, 3.8) is 0 Å². The van der Waals surface area contributed by atoms with Crippen LogP contribution in [0.5, 0.6) is 11.5 Å². The van der Waals surface area contributed by atoms with Crippen LogP contribution in [0.4, 0.5) is 0 Å². The molecule has 15 aromatic rings. The number of nitrogens with zero attached hydrogens (tertiary/aromatic N) is 5. The third-order valence-electron chi connectivity index (χ3n) is 16.8. The van der Waals surface area contributed by atoms with Crippen molar-refractivity contribution in [1.29, 1.82) is 0 Å². The van der Waals surface area contributed by atoms with E-state index in [1.807, 2.05) is 77.4 Å². The second kappa shape index (κ2) is 19.0. The van der Waals surface area contributed by atoms with E-state index in [1.54, 1.807) is 18.3 Å². The van der Waals surface area contributed by atoms with Gasteiger partial charge in [0.2, 0.25) is 0 Å². The largest absolute Gasteiger partial charge is 0.0620 e. The zero-order valence-electron chi connectivity index (χ0n) is 52.8. The van der Waals surface area contributed by atoms with Crippen LogP contribution in [0, 0.1) is 17.5 Å². The van der Waals surface area contributed by atoms with E-state index in [9.17, 15) is 0 Å². The van der Waals surface area contributed by atoms with E-state index >= 15 is 0 Å². The molecule has 0 saturated carbocycles. The molecule has 0 spiro atoms. The number of pyridine rings is 1. The summed E-state index contributed by atoms with van der Waals surface area (Å²) in [7, 11) is 0. The number of hydrogen-bond acceptors (Lipinski definition) is 2. The van der Waals surface area contributed by atoms with Crippen molar-refractivity contribution in [2.75, 3.05) is 0 Å². The summed E-state index contributed by atoms with van der Waals surface area (Å²) in [4.78, 5) is 5.10. The van der Waals surface area contributed by atoms with Gasteiger partial charge >= 0.3 is 356 Å². The molecule has 0 aliphatic carbocycles. The molecule has 0 bridgehead atoms. The van der Waals surface area contributed by atoms with E-state index in [1.165, 1.54) is 16.5 Å². The molecule has 0 unspecified atom stereocenters. The SMILES string of the molecule is [2H]C([2H])([2H])c1ccc(-n2[c](=[Pt])n(-c3c(-c4ccccc4)cccc3-c3cc(C(C)(C)C)cc(C(C)(C)C)c3)c3ccccc32)cc1Oc1ccc2c3cc4c5cccc6c7ccccc7n(c4cc3n(-c3cc(C([2H])([2H])[2H])c(-c4ccccc4)cn3)c2c1)c65. The van der Waals surface area contributed by atoms with Gasteiger partial charge < -0.3 is 4.40 Å². The first-order valence-corrected chi connectivity index (χ1v) is 29.3. The Bertz CT molecular complexity index is 5390. The van der Waals surface area contributed by atoms with Crippen LogP contribution < -0.4 is 4.74 Å². The minimum Gasteiger partial charge on any atom is 0.0620 e. The topological polar surface area (TPSA) is 41.3 Å². The summed E-state index contributed by atoms with van der Waals surface area (Å²) in [5.74, 6) is 0.957. The van der Waals surface area contributed by atoms with Crippen LogP contribution in [0.3, 0.4) is 0 Å². The molecule has 406 valence electrons. The Morgan fingerprint density at radius 1 is 0.422 bits per heavy atom. The molecule has 0 N–H and O–H groups in total. The smallest absolute Gasteiger partial charge is 0.0620 e. The molecule has 0 saturated heterocycles. The fourth-order valence-electron chi connectivity index (χ4n) is 12.6. The first-order chi connectivity index (χ1) is 42.6. The summed E-state index contributed by atoms with van der Waals surface area (Å²) >= 11 is 2.43. The number of aromatic nitrogens is 5. The van der Waals surface area contributed by atoms with Crippen molar-refractivity contribution >= 4 is 70.9 Å². The average molecular weight is 1260 g/mol. The van der Waals surface area contributed by atoms with Gasteiger partial charge in [0.25, 0.3) is 0 Å². The van der Waals surface area contributed by atoms with Gasteiger partial charge in [-0.1, -0.05) is 66.7 Å². The van der Waals surface area contributed by atoms with Gasteiger partial charge in [0.05, 0.1) is 16.6 Å². The van der Waals surface area contributed by atoms with Crippen LogP contribution in [0.25, 0.3) is 122 Å². The molecule has 5 heterocycles. The van der Waals surface area contributed by atoms with Gasteiger partial charge in [-0.2, -0.15) is 0 Å². The fourth-order valence-corrected chi connectivity index (χ4v) is 13.7. The molecule has 15 rings (SSSR count). The molecule has 10 aromatic carbocycles. The third kappa shape index (κ3) is 8.16. The van der Waals surface area contributed by atoms with E-state index in [4.69, 9.17) is 17.9 Å². The van der Waals surface area contributed by atoms with Gasteiger partial charge in [-0.15, -0.1) is 0 Å². The molecule has 7 heteroatoms. The van der Waals surface area contributed by atoms with Gasteiger partial charge in [0.1, 0.15) is 0 Å². The predicted molar refractivity (Wildman–Crippen MR) is 342 cm³/mol. The Morgan fingerprint density at radius 2 is 1.00 bits per heavy atom. The number of fused-ring (bicyclic) bond motifs is 10. The molecule has 0 radical (unpaired) electrons. The van der Waals surface area contributed by atoms with Crippen molar-refractivity contribution in [2.45, 2.75) is 66.1 Å². The number of imidazole rings is 1. The second-order valence-electron chi connectivity index (χ2n) is 24.0. The number of hydrogen-bond donors (Lipinski definition) is 0. The Kier molecular flexibility index (Phi) is 10.2. The van der Waals surface area contributed by atoms with E-state index in [0.29, 0.717) is 28.3 Å². The molecule has 83 heavy (non-hydrogen) atoms. The number of ether oxygens (including phenoxy) is 1. The van der Waals surface area contributed by atoms with Crippen molar-refractivity contribution in [3.8, 4) is 62.1 Å². The normalized spacial score (nSPS) is 13.8. The van der Waals surface area contributed by atoms with E-state index < -0.39 is 13.7 Å².